The van der Waals surface area contributed by atoms with Crippen LogP contribution in [-0.4, -0.2) is 19.6 Å². The molecule has 1 rings (SSSR count). The first-order valence-electron chi connectivity index (χ1n) is 5.67. The third-order valence-electron chi connectivity index (χ3n) is 2.54. The molecule has 0 spiro atoms. The molecular weight excluding hydrogens is 230 g/mol. The van der Waals surface area contributed by atoms with Gasteiger partial charge in [-0.25, -0.2) is 10.3 Å². The lowest BCUT2D eigenvalue weighted by Crippen LogP contribution is -1.99. The molecule has 0 atom stereocenters. The first-order valence-corrected chi connectivity index (χ1v) is 5.67. The van der Waals surface area contributed by atoms with Gasteiger partial charge in [-0.1, -0.05) is 6.07 Å². The molecule has 0 fully saturated rings. The number of carbonyl (C=O) groups is 1. The molecule has 0 radical (unpaired) electrons. The molecule has 0 aliphatic carbocycles. The van der Waals surface area contributed by atoms with Gasteiger partial charge in [-0.15, -0.1) is 0 Å². The minimum atomic E-state index is -0.376. The Morgan fingerprint density at radius 1 is 1.56 bits per heavy atom. The molecular formula is C13H17N3O2. The van der Waals surface area contributed by atoms with E-state index in [0.29, 0.717) is 12.3 Å². The van der Waals surface area contributed by atoms with Crippen molar-refractivity contribution in [3.63, 3.8) is 0 Å². The lowest BCUT2D eigenvalue weighted by Gasteiger charge is -2.09. The predicted octanol–water partition coefficient (Wildman–Crippen LogP) is 3.28. The van der Waals surface area contributed by atoms with Crippen LogP contribution >= 0.6 is 0 Å². The van der Waals surface area contributed by atoms with Crippen molar-refractivity contribution >= 4 is 23.4 Å². The van der Waals surface area contributed by atoms with E-state index in [1.165, 1.54) is 6.08 Å². The zero-order chi connectivity index (χ0) is 13.5. The van der Waals surface area contributed by atoms with Gasteiger partial charge in [0, 0.05) is 13.1 Å². The molecule has 0 aromatic heterocycles. The van der Waals surface area contributed by atoms with E-state index in [-0.39, 0.29) is 5.97 Å². The third-order valence-corrected chi connectivity index (χ3v) is 2.54. The number of anilines is 1. The predicted molar refractivity (Wildman–Crippen MR) is 71.2 cm³/mol. The second-order valence-corrected chi connectivity index (χ2v) is 3.62. The number of nitrogens with one attached hydrogen (secondary N) is 2. The van der Waals surface area contributed by atoms with Crippen LogP contribution in [0.15, 0.2) is 23.3 Å². The maximum atomic E-state index is 11.2. The van der Waals surface area contributed by atoms with Crippen LogP contribution in [0.1, 0.15) is 18.1 Å². The second kappa shape index (κ2) is 6.54. The van der Waals surface area contributed by atoms with Crippen LogP contribution in [0.4, 0.5) is 11.4 Å². The highest BCUT2D eigenvalue weighted by Crippen LogP contribution is 2.31. The van der Waals surface area contributed by atoms with Crippen LogP contribution in [0, 0.1) is 12.5 Å². The summed E-state index contributed by atoms with van der Waals surface area (Å²) in [5, 5.41) is 6.47. The standard InChI is InChI=1S/C13H17N3O2/c1-4-18-12(17)8-6-10-5-7-11(15-3)13(16-14)9(10)2/h5-8,14-15H,4H2,1-3H3/b8-6+,16-14?. The van der Waals surface area contributed by atoms with E-state index in [1.807, 2.05) is 19.1 Å². The number of esters is 1. The second-order valence-electron chi connectivity index (χ2n) is 3.62. The topological polar surface area (TPSA) is 74.5 Å². The molecule has 5 nitrogen and oxygen atoms in total. The highest BCUT2D eigenvalue weighted by molar-refractivity contribution is 5.88. The van der Waals surface area contributed by atoms with Gasteiger partial charge in [0.1, 0.15) is 5.69 Å². The van der Waals surface area contributed by atoms with Gasteiger partial charge in [-0.2, -0.15) is 5.11 Å². The number of carbonyl (C=O) groups excluding carboxylic acids is 1. The zero-order valence-corrected chi connectivity index (χ0v) is 10.8. The fourth-order valence-corrected chi connectivity index (χ4v) is 1.59. The molecule has 5 heteroatoms. The molecule has 0 unspecified atom stereocenters. The molecule has 2 N–H and O–H groups in total. The largest absolute Gasteiger partial charge is 0.463 e. The fraction of sp³-hybridized carbons (Fsp3) is 0.308. The van der Waals surface area contributed by atoms with Crippen molar-refractivity contribution in [2.45, 2.75) is 13.8 Å². The Balaban J connectivity index is 3.04. The van der Waals surface area contributed by atoms with Crippen LogP contribution in [0.2, 0.25) is 0 Å². The van der Waals surface area contributed by atoms with Crippen molar-refractivity contribution in [2.75, 3.05) is 19.0 Å². The third kappa shape index (κ3) is 3.16. The first kappa shape index (κ1) is 13.9. The summed E-state index contributed by atoms with van der Waals surface area (Å²) in [5.41, 5.74) is 10.2. The van der Waals surface area contributed by atoms with Gasteiger partial charge in [-0.3, -0.25) is 0 Å². The molecule has 0 bridgehead atoms. The Kier molecular flexibility index (Phi) is 5.05. The number of ether oxygens (including phenoxy) is 1. The molecule has 1 aromatic rings. The maximum absolute atomic E-state index is 11.2. The Bertz CT molecular complexity index is 481. The quantitative estimate of drug-likeness (QED) is 0.476. The molecule has 0 aliphatic heterocycles. The average molecular weight is 247 g/mol. The number of hydrogen-bond donors (Lipinski definition) is 2. The van der Waals surface area contributed by atoms with Crippen LogP contribution in [-0.2, 0) is 9.53 Å². The molecule has 0 heterocycles. The minimum Gasteiger partial charge on any atom is -0.463 e. The van der Waals surface area contributed by atoms with Gasteiger partial charge in [0.15, 0.2) is 0 Å². The molecule has 0 amide bonds. The van der Waals surface area contributed by atoms with E-state index < -0.39 is 0 Å². The lowest BCUT2D eigenvalue weighted by molar-refractivity contribution is -0.137. The Hall–Kier alpha value is -2.17. The highest BCUT2D eigenvalue weighted by atomic mass is 16.5. The van der Waals surface area contributed by atoms with E-state index in [1.54, 1.807) is 20.0 Å². The molecule has 96 valence electrons. The SMILES string of the molecule is CCOC(=O)/C=C/c1ccc(NC)c(N=N)c1C. The molecule has 1 aromatic carbocycles. The Morgan fingerprint density at radius 3 is 2.83 bits per heavy atom. The van der Waals surface area contributed by atoms with E-state index in [0.717, 1.165) is 16.8 Å². The van der Waals surface area contributed by atoms with Crippen LogP contribution in [0.25, 0.3) is 6.08 Å². The summed E-state index contributed by atoms with van der Waals surface area (Å²) in [6.07, 6.45) is 3.04. The zero-order valence-electron chi connectivity index (χ0n) is 10.8. The van der Waals surface area contributed by atoms with Crippen molar-refractivity contribution in [3.05, 3.63) is 29.3 Å². The van der Waals surface area contributed by atoms with Crippen LogP contribution in [0.5, 0.6) is 0 Å². The smallest absolute Gasteiger partial charge is 0.330 e. The number of hydrogen-bond acceptors (Lipinski definition) is 5. The van der Waals surface area contributed by atoms with E-state index in [4.69, 9.17) is 10.3 Å². The number of rotatable bonds is 5. The summed E-state index contributed by atoms with van der Waals surface area (Å²) in [6.45, 7) is 3.98. The monoisotopic (exact) mass is 247 g/mol. The summed E-state index contributed by atoms with van der Waals surface area (Å²) in [6, 6.07) is 3.69. The van der Waals surface area contributed by atoms with Gasteiger partial charge in [0.05, 0.1) is 12.3 Å². The van der Waals surface area contributed by atoms with Gasteiger partial charge >= 0.3 is 5.97 Å². The van der Waals surface area contributed by atoms with E-state index in [9.17, 15) is 4.79 Å². The van der Waals surface area contributed by atoms with Crippen molar-refractivity contribution < 1.29 is 9.53 Å². The van der Waals surface area contributed by atoms with Gasteiger partial charge in [0.2, 0.25) is 0 Å². The van der Waals surface area contributed by atoms with Crippen LogP contribution in [0.3, 0.4) is 0 Å². The van der Waals surface area contributed by atoms with Crippen LogP contribution < -0.4 is 5.32 Å². The van der Waals surface area contributed by atoms with E-state index in [2.05, 4.69) is 10.4 Å². The minimum absolute atomic E-state index is 0.355. The van der Waals surface area contributed by atoms with Crippen molar-refractivity contribution in [1.29, 1.82) is 5.53 Å². The highest BCUT2D eigenvalue weighted by Gasteiger charge is 2.07. The van der Waals surface area contributed by atoms with Gasteiger partial charge in [0.25, 0.3) is 0 Å². The molecule has 18 heavy (non-hydrogen) atoms. The fourth-order valence-electron chi connectivity index (χ4n) is 1.59. The normalized spacial score (nSPS) is 10.4. The molecule has 0 aliphatic rings. The molecule has 0 saturated heterocycles. The summed E-state index contributed by atoms with van der Waals surface area (Å²) < 4.78 is 4.81. The van der Waals surface area contributed by atoms with Gasteiger partial charge in [-0.05, 0) is 37.1 Å². The van der Waals surface area contributed by atoms with Crippen molar-refractivity contribution in [1.82, 2.24) is 0 Å². The average Bonchev–Trinajstić information content (AvgIpc) is 2.37. The van der Waals surface area contributed by atoms with Gasteiger partial charge < -0.3 is 10.1 Å². The summed E-state index contributed by atoms with van der Waals surface area (Å²) in [5.74, 6) is -0.376. The van der Waals surface area contributed by atoms with E-state index >= 15 is 0 Å². The van der Waals surface area contributed by atoms with Crippen molar-refractivity contribution in [2.24, 2.45) is 5.11 Å². The summed E-state index contributed by atoms with van der Waals surface area (Å²) in [7, 11) is 1.78. The lowest BCUT2D eigenvalue weighted by atomic mass is 10.0. The number of benzene rings is 1. The summed E-state index contributed by atoms with van der Waals surface area (Å²) in [4.78, 5) is 11.2. The summed E-state index contributed by atoms with van der Waals surface area (Å²) >= 11 is 0. The Labute approximate surface area is 106 Å². The Morgan fingerprint density at radius 2 is 2.28 bits per heavy atom. The number of nitrogens with zero attached hydrogens (tertiary/aromatic N) is 1. The first-order chi connectivity index (χ1) is 8.63. The molecule has 0 saturated carbocycles. The maximum Gasteiger partial charge on any atom is 0.330 e. The van der Waals surface area contributed by atoms with Crippen molar-refractivity contribution in [3.8, 4) is 0 Å².